The number of rotatable bonds is 1. The van der Waals surface area contributed by atoms with Crippen LogP contribution in [0.4, 0.5) is 0 Å². The van der Waals surface area contributed by atoms with E-state index < -0.39 is 0 Å². The zero-order valence-electron chi connectivity index (χ0n) is 8.22. The van der Waals surface area contributed by atoms with E-state index in [-0.39, 0.29) is 0 Å². The molecule has 0 aromatic carbocycles. The fourth-order valence-electron chi connectivity index (χ4n) is 2.94. The Morgan fingerprint density at radius 1 is 1.23 bits per heavy atom. The van der Waals surface area contributed by atoms with E-state index >= 15 is 0 Å². The van der Waals surface area contributed by atoms with Crippen molar-refractivity contribution in [3.05, 3.63) is 0 Å². The Labute approximate surface area is 79.0 Å². The molecule has 2 bridgehead atoms. The van der Waals surface area contributed by atoms with Gasteiger partial charge in [-0.2, -0.15) is 0 Å². The van der Waals surface area contributed by atoms with Gasteiger partial charge in [-0.3, -0.25) is 16.5 Å². The summed E-state index contributed by atoms with van der Waals surface area (Å²) in [5.41, 5.74) is 10.9. The van der Waals surface area contributed by atoms with E-state index in [0.29, 0.717) is 12.0 Å². The third-order valence-corrected chi connectivity index (χ3v) is 3.66. The highest BCUT2D eigenvalue weighted by molar-refractivity contribution is 5.69. The van der Waals surface area contributed by atoms with Gasteiger partial charge >= 0.3 is 5.96 Å². The topological polar surface area (TPSA) is 70.5 Å². The molecule has 4 nitrogen and oxygen atoms in total. The molecule has 2 aliphatic rings. The maximum absolute atomic E-state index is 5.45. The predicted octanol–water partition coefficient (Wildman–Crippen LogP) is -3.45. The number of quaternary nitrogens is 1. The summed E-state index contributed by atoms with van der Waals surface area (Å²) < 4.78 is 0. The minimum Gasteiger partial charge on any atom is -0.332 e. The Morgan fingerprint density at radius 3 is 2.23 bits per heavy atom. The van der Waals surface area contributed by atoms with Gasteiger partial charge < -0.3 is 4.90 Å². The van der Waals surface area contributed by atoms with Crippen molar-refractivity contribution in [2.75, 3.05) is 7.05 Å². The molecule has 2 fully saturated rings. The summed E-state index contributed by atoms with van der Waals surface area (Å²) >= 11 is 0. The first-order valence-electron chi connectivity index (χ1n) is 5.14. The molecule has 6 N–H and O–H groups in total. The van der Waals surface area contributed by atoms with Crippen molar-refractivity contribution in [3.8, 4) is 0 Å². The minimum atomic E-state index is 0.379. The van der Waals surface area contributed by atoms with Crippen LogP contribution < -0.4 is 21.4 Å². The zero-order chi connectivity index (χ0) is 9.42. The second-order valence-corrected chi connectivity index (χ2v) is 4.48. The van der Waals surface area contributed by atoms with E-state index in [2.05, 4.69) is 12.0 Å². The largest absolute Gasteiger partial charge is 0.338 e. The van der Waals surface area contributed by atoms with Crippen LogP contribution in [0.25, 0.3) is 0 Å². The predicted molar refractivity (Wildman–Crippen MR) is 51.1 cm³/mol. The SMILES string of the molecule is C[NH+]1C2CCC1CC([NH+]=C(N)N)C2. The molecular formula is C9H20N4+2. The van der Waals surface area contributed by atoms with Crippen molar-refractivity contribution in [3.63, 3.8) is 0 Å². The molecular weight excluding hydrogens is 164 g/mol. The maximum Gasteiger partial charge on any atom is 0.338 e. The van der Waals surface area contributed by atoms with E-state index in [4.69, 9.17) is 11.5 Å². The molecule has 2 saturated heterocycles. The lowest BCUT2D eigenvalue weighted by Gasteiger charge is -2.31. The summed E-state index contributed by atoms with van der Waals surface area (Å²) in [7, 11) is 2.31. The molecule has 2 heterocycles. The van der Waals surface area contributed by atoms with Crippen LogP contribution in [-0.2, 0) is 0 Å². The van der Waals surface area contributed by atoms with Crippen LogP contribution in [0.1, 0.15) is 25.7 Å². The molecule has 0 radical (unpaired) electrons. The molecule has 13 heavy (non-hydrogen) atoms. The Hall–Kier alpha value is -0.770. The molecule has 74 valence electrons. The quantitative estimate of drug-likeness (QED) is 0.253. The summed E-state index contributed by atoms with van der Waals surface area (Å²) in [6.07, 6.45) is 5.19. The summed E-state index contributed by atoms with van der Waals surface area (Å²) in [5, 5.41) is 0. The first-order valence-corrected chi connectivity index (χ1v) is 5.14. The maximum atomic E-state index is 5.45. The van der Waals surface area contributed by atoms with Crippen LogP contribution in [0.5, 0.6) is 0 Å². The van der Waals surface area contributed by atoms with Gasteiger partial charge in [-0.15, -0.1) is 0 Å². The lowest BCUT2D eigenvalue weighted by molar-refractivity contribution is -0.927. The van der Waals surface area contributed by atoms with Crippen molar-refractivity contribution in [2.45, 2.75) is 43.8 Å². The average Bonchev–Trinajstić information content (AvgIpc) is 2.33. The second kappa shape index (κ2) is 3.18. The normalized spacial score (nSPS) is 43.2. The van der Waals surface area contributed by atoms with E-state index in [0.717, 1.165) is 12.1 Å². The molecule has 4 heteroatoms. The number of piperidine rings is 1. The Morgan fingerprint density at radius 2 is 1.77 bits per heavy atom. The number of hydrogen-bond acceptors (Lipinski definition) is 0. The first kappa shape index (κ1) is 8.81. The first-order chi connectivity index (χ1) is 6.16. The van der Waals surface area contributed by atoms with Gasteiger partial charge in [0.25, 0.3) is 0 Å². The van der Waals surface area contributed by atoms with Crippen LogP contribution in [-0.4, -0.2) is 31.1 Å². The molecule has 2 unspecified atom stereocenters. The molecule has 2 aliphatic heterocycles. The zero-order valence-corrected chi connectivity index (χ0v) is 8.22. The van der Waals surface area contributed by atoms with Gasteiger partial charge in [-0.1, -0.05) is 0 Å². The average molecular weight is 184 g/mol. The Bertz CT molecular complexity index is 208. The highest BCUT2D eigenvalue weighted by Gasteiger charge is 2.42. The van der Waals surface area contributed by atoms with E-state index in [9.17, 15) is 0 Å². The van der Waals surface area contributed by atoms with Crippen molar-refractivity contribution < 1.29 is 9.89 Å². The van der Waals surface area contributed by atoms with Gasteiger partial charge in [-0.05, 0) is 0 Å². The molecule has 2 rings (SSSR count). The van der Waals surface area contributed by atoms with Crippen molar-refractivity contribution in [1.82, 2.24) is 0 Å². The fourth-order valence-corrected chi connectivity index (χ4v) is 2.94. The molecule has 2 atom stereocenters. The third-order valence-electron chi connectivity index (χ3n) is 3.66. The minimum absolute atomic E-state index is 0.379. The van der Waals surface area contributed by atoms with Crippen molar-refractivity contribution in [2.24, 2.45) is 11.5 Å². The van der Waals surface area contributed by atoms with E-state index in [1.807, 2.05) is 0 Å². The van der Waals surface area contributed by atoms with Crippen LogP contribution >= 0.6 is 0 Å². The van der Waals surface area contributed by atoms with Gasteiger partial charge in [0.15, 0.2) is 0 Å². The van der Waals surface area contributed by atoms with Gasteiger partial charge in [0.2, 0.25) is 0 Å². The number of nitrogens with two attached hydrogens (primary N) is 2. The summed E-state index contributed by atoms with van der Waals surface area (Å²) in [6.45, 7) is 0. The molecule has 0 spiro atoms. The Balaban J connectivity index is 2.03. The van der Waals surface area contributed by atoms with Crippen LogP contribution in [0.3, 0.4) is 0 Å². The molecule has 0 saturated carbocycles. The van der Waals surface area contributed by atoms with Crippen LogP contribution in [0.2, 0.25) is 0 Å². The smallest absolute Gasteiger partial charge is 0.332 e. The monoisotopic (exact) mass is 184 g/mol. The van der Waals surface area contributed by atoms with Gasteiger partial charge in [-0.25, -0.2) is 0 Å². The number of fused-ring (bicyclic) bond motifs is 2. The summed E-state index contributed by atoms with van der Waals surface area (Å²) in [5.74, 6) is 0.379. The van der Waals surface area contributed by atoms with Gasteiger partial charge in [0.1, 0.15) is 0 Å². The van der Waals surface area contributed by atoms with Crippen LogP contribution in [0, 0.1) is 0 Å². The molecule has 0 amide bonds. The molecule has 0 aliphatic carbocycles. The van der Waals surface area contributed by atoms with E-state index in [1.165, 1.54) is 25.7 Å². The molecule has 0 aromatic heterocycles. The highest BCUT2D eigenvalue weighted by atomic mass is 15.2. The van der Waals surface area contributed by atoms with Crippen molar-refractivity contribution >= 4 is 5.96 Å². The second-order valence-electron chi connectivity index (χ2n) is 4.48. The fraction of sp³-hybridized carbons (Fsp3) is 0.889. The highest BCUT2D eigenvalue weighted by Crippen LogP contribution is 2.20. The lowest BCUT2D eigenvalue weighted by atomic mass is 9.99. The Kier molecular flexibility index (Phi) is 2.15. The third kappa shape index (κ3) is 1.63. The lowest BCUT2D eigenvalue weighted by Crippen LogP contribution is -3.16. The standard InChI is InChI=1S/C9H18N4/c1-13-7-2-3-8(13)5-6(4-7)12-9(10)11/h6-8H,2-5H2,1H3,(H4,10,11,12)/p+2. The molecule has 0 aromatic rings. The van der Waals surface area contributed by atoms with Gasteiger partial charge in [0.05, 0.1) is 25.2 Å². The van der Waals surface area contributed by atoms with Gasteiger partial charge in [0, 0.05) is 25.7 Å². The summed E-state index contributed by atoms with van der Waals surface area (Å²) in [6, 6.07) is 2.18. The summed E-state index contributed by atoms with van der Waals surface area (Å²) in [4.78, 5) is 4.88. The van der Waals surface area contributed by atoms with E-state index in [1.54, 1.807) is 4.90 Å². The van der Waals surface area contributed by atoms with Crippen molar-refractivity contribution in [1.29, 1.82) is 0 Å². The number of guanidine groups is 1. The van der Waals surface area contributed by atoms with Crippen LogP contribution in [0.15, 0.2) is 0 Å². The number of nitrogens with one attached hydrogen (secondary N) is 2. The number of hydrogen-bond donors (Lipinski definition) is 4.